The number of aromatic nitrogens is 2. The van der Waals surface area contributed by atoms with Gasteiger partial charge in [0.05, 0.1) is 12.1 Å². The number of para-hydroxylation sites is 2. The van der Waals surface area contributed by atoms with E-state index < -0.39 is 16.6 Å². The highest BCUT2D eigenvalue weighted by atomic mass is 16.8. The largest absolute Gasteiger partial charge is 0.595 e. The molecule has 1 aliphatic carbocycles. The molecule has 0 fully saturated rings. The van der Waals surface area contributed by atoms with E-state index in [2.05, 4.69) is 10.4 Å². The van der Waals surface area contributed by atoms with Crippen molar-refractivity contribution in [3.63, 3.8) is 0 Å². The fourth-order valence-corrected chi connectivity index (χ4v) is 4.45. The molecule has 2 aromatic rings. The van der Waals surface area contributed by atoms with Gasteiger partial charge >= 0.3 is 5.97 Å². The van der Waals surface area contributed by atoms with Gasteiger partial charge in [0.15, 0.2) is 5.69 Å². The number of carboxylic acids is 1. The van der Waals surface area contributed by atoms with Crippen LogP contribution >= 0.6 is 0 Å². The molecule has 1 amide bonds. The standard InChI is InChI=1S/C23H30N4O5/c1-14-22(15(2)26(25-14)18-7-5-6-8-19(18)27(31)32)16-9-10-17(11-16)24-20(28)12-23(3,4)13-21(29)30/h5-10,16-17,27,31H,11-13H2,1-4H3,(H,24,28)(H,29,30)/t16-,17+/m0/s1. The van der Waals surface area contributed by atoms with E-state index in [0.717, 1.165) is 17.0 Å². The molecule has 1 aromatic carbocycles. The van der Waals surface area contributed by atoms with Crippen LogP contribution in [0.25, 0.3) is 5.69 Å². The van der Waals surface area contributed by atoms with Crippen molar-refractivity contribution >= 4 is 17.6 Å². The van der Waals surface area contributed by atoms with Crippen LogP contribution in [0, 0.1) is 24.5 Å². The van der Waals surface area contributed by atoms with E-state index in [1.54, 1.807) is 42.8 Å². The quantitative estimate of drug-likeness (QED) is 0.366. The first-order valence-electron chi connectivity index (χ1n) is 10.6. The van der Waals surface area contributed by atoms with Crippen molar-refractivity contribution in [3.05, 3.63) is 58.6 Å². The van der Waals surface area contributed by atoms with Gasteiger partial charge in [-0.3, -0.25) is 9.59 Å². The van der Waals surface area contributed by atoms with Gasteiger partial charge in [-0.1, -0.05) is 38.1 Å². The Balaban J connectivity index is 1.73. The number of nitrogens with one attached hydrogen (secondary N) is 2. The molecule has 1 unspecified atom stereocenters. The van der Waals surface area contributed by atoms with Gasteiger partial charge in [-0.2, -0.15) is 10.3 Å². The topological polar surface area (TPSA) is 132 Å². The molecule has 1 aliphatic rings. The summed E-state index contributed by atoms with van der Waals surface area (Å²) < 4.78 is 1.67. The lowest BCUT2D eigenvalue weighted by atomic mass is 9.85. The van der Waals surface area contributed by atoms with Gasteiger partial charge in [-0.25, -0.2) is 9.89 Å². The fourth-order valence-electron chi connectivity index (χ4n) is 4.45. The summed E-state index contributed by atoms with van der Waals surface area (Å²) >= 11 is 0. The van der Waals surface area contributed by atoms with Crippen LogP contribution in [-0.2, 0) is 9.59 Å². The molecule has 9 heteroatoms. The number of carboxylic acid groups (broad SMARTS) is 1. The van der Waals surface area contributed by atoms with E-state index in [0.29, 0.717) is 12.1 Å². The number of rotatable bonds is 8. The molecule has 32 heavy (non-hydrogen) atoms. The Bertz CT molecular complexity index is 1040. The predicted molar refractivity (Wildman–Crippen MR) is 118 cm³/mol. The first kappa shape index (κ1) is 23.6. The zero-order valence-corrected chi connectivity index (χ0v) is 18.8. The summed E-state index contributed by atoms with van der Waals surface area (Å²) in [5, 5.41) is 36.8. The van der Waals surface area contributed by atoms with Crippen LogP contribution < -0.4 is 10.5 Å². The molecule has 0 aliphatic heterocycles. The Morgan fingerprint density at radius 1 is 1.25 bits per heavy atom. The molecule has 1 aromatic heterocycles. The van der Waals surface area contributed by atoms with Crippen LogP contribution in [0.3, 0.4) is 0 Å². The van der Waals surface area contributed by atoms with Gasteiger partial charge in [0.25, 0.3) is 0 Å². The fraction of sp³-hybridized carbons (Fsp3) is 0.435. The Labute approximate surface area is 186 Å². The number of aryl methyl sites for hydroxylation is 1. The van der Waals surface area contributed by atoms with Crippen molar-refractivity contribution in [2.75, 3.05) is 0 Å². The number of hydrogen-bond acceptors (Lipinski definition) is 5. The van der Waals surface area contributed by atoms with Crippen LogP contribution in [0.5, 0.6) is 0 Å². The number of nitrogens with zero attached hydrogens (tertiary/aromatic N) is 2. The van der Waals surface area contributed by atoms with Crippen LogP contribution in [0.4, 0.5) is 5.69 Å². The second-order valence-electron chi connectivity index (χ2n) is 9.13. The number of aliphatic carboxylic acids is 1. The summed E-state index contributed by atoms with van der Waals surface area (Å²) in [5.74, 6) is -1.06. The molecular weight excluding hydrogens is 412 g/mol. The summed E-state index contributed by atoms with van der Waals surface area (Å²) in [4.78, 5) is 23.4. The first-order chi connectivity index (χ1) is 15.0. The van der Waals surface area contributed by atoms with Crippen molar-refractivity contribution in [3.8, 4) is 5.69 Å². The maximum Gasteiger partial charge on any atom is 0.303 e. The molecule has 0 saturated carbocycles. The van der Waals surface area contributed by atoms with Crippen molar-refractivity contribution < 1.29 is 25.1 Å². The first-order valence-corrected chi connectivity index (χ1v) is 10.6. The average molecular weight is 443 g/mol. The molecule has 0 bridgehead atoms. The lowest BCUT2D eigenvalue weighted by molar-refractivity contribution is -0.991. The molecule has 9 nitrogen and oxygen atoms in total. The third-order valence-corrected chi connectivity index (χ3v) is 5.78. The Kier molecular flexibility index (Phi) is 6.82. The van der Waals surface area contributed by atoms with Gasteiger partial charge in [-0.05, 0) is 31.7 Å². The summed E-state index contributed by atoms with van der Waals surface area (Å²) in [6, 6.07) is 6.61. The third-order valence-electron chi connectivity index (χ3n) is 5.78. The van der Waals surface area contributed by atoms with E-state index in [4.69, 9.17) is 5.11 Å². The molecular formula is C23H30N4O5. The zero-order valence-electron chi connectivity index (χ0n) is 18.8. The number of benzene rings is 1. The second kappa shape index (κ2) is 9.23. The molecule has 1 heterocycles. The van der Waals surface area contributed by atoms with Gasteiger partial charge in [-0.15, -0.1) is 0 Å². The highest BCUT2D eigenvalue weighted by Gasteiger charge is 2.30. The summed E-state index contributed by atoms with van der Waals surface area (Å²) in [6.45, 7) is 7.35. The third kappa shape index (κ3) is 5.24. The number of quaternary nitrogens is 1. The number of carbonyl (C=O) groups excluding carboxylic acids is 1. The second-order valence-corrected chi connectivity index (χ2v) is 9.13. The van der Waals surface area contributed by atoms with E-state index in [-0.39, 0.29) is 36.4 Å². The van der Waals surface area contributed by atoms with Crippen molar-refractivity contribution in [1.82, 2.24) is 15.1 Å². The summed E-state index contributed by atoms with van der Waals surface area (Å²) in [7, 11) is 0. The Morgan fingerprint density at radius 3 is 2.59 bits per heavy atom. The van der Waals surface area contributed by atoms with Crippen LogP contribution in [0.15, 0.2) is 36.4 Å². The van der Waals surface area contributed by atoms with Crippen LogP contribution in [-0.4, -0.2) is 38.0 Å². The molecule has 172 valence electrons. The number of carbonyl (C=O) groups is 2. The molecule has 3 atom stereocenters. The van der Waals surface area contributed by atoms with Gasteiger partial charge in [0.2, 0.25) is 5.91 Å². The minimum absolute atomic E-state index is 0.0399. The van der Waals surface area contributed by atoms with Crippen molar-refractivity contribution in [2.45, 2.75) is 58.9 Å². The van der Waals surface area contributed by atoms with E-state index in [1.807, 2.05) is 26.0 Å². The normalized spacial score (nSPS) is 19.2. The monoisotopic (exact) mass is 442 g/mol. The summed E-state index contributed by atoms with van der Waals surface area (Å²) in [5.41, 5.74) is 2.76. The van der Waals surface area contributed by atoms with E-state index >= 15 is 0 Å². The number of hydrogen-bond donors (Lipinski definition) is 4. The molecule has 0 radical (unpaired) electrons. The van der Waals surface area contributed by atoms with Gasteiger partial charge in [0.1, 0.15) is 5.69 Å². The van der Waals surface area contributed by atoms with Gasteiger partial charge in [0, 0.05) is 35.7 Å². The average Bonchev–Trinajstić information content (AvgIpc) is 3.23. The number of amides is 1. The molecule has 0 saturated heterocycles. The minimum atomic E-state index is -1.01. The molecule has 4 N–H and O–H groups in total. The van der Waals surface area contributed by atoms with Gasteiger partial charge < -0.3 is 15.6 Å². The van der Waals surface area contributed by atoms with E-state index in [1.165, 1.54) is 0 Å². The lowest BCUT2D eigenvalue weighted by Crippen LogP contribution is -2.99. The van der Waals surface area contributed by atoms with Crippen molar-refractivity contribution in [2.24, 2.45) is 5.41 Å². The maximum absolute atomic E-state index is 12.5. The van der Waals surface area contributed by atoms with Crippen LogP contribution in [0.2, 0.25) is 0 Å². The number of allylic oxidation sites excluding steroid dienone is 1. The SMILES string of the molecule is Cc1nn(-c2ccccc2[NH+]([O-])O)c(C)c1[C@H]1C=C[C@@H](NC(=O)CC(C)(C)CC(=O)O)C1. The molecule has 3 rings (SSSR count). The predicted octanol–water partition coefficient (Wildman–Crippen LogP) is 2.31. The molecule has 0 spiro atoms. The summed E-state index contributed by atoms with van der Waals surface area (Å²) in [6.07, 6.45) is 4.72. The Morgan fingerprint density at radius 2 is 1.94 bits per heavy atom. The minimum Gasteiger partial charge on any atom is -0.595 e. The van der Waals surface area contributed by atoms with Crippen LogP contribution in [0.1, 0.15) is 56.0 Å². The highest BCUT2D eigenvalue weighted by Crippen LogP contribution is 2.35. The smallest absolute Gasteiger partial charge is 0.303 e. The Hall–Kier alpha value is -3.01. The highest BCUT2D eigenvalue weighted by molar-refractivity contribution is 5.78. The lowest BCUT2D eigenvalue weighted by Gasteiger charge is -2.23. The van der Waals surface area contributed by atoms with Crippen molar-refractivity contribution in [1.29, 1.82) is 0 Å². The van der Waals surface area contributed by atoms with E-state index in [9.17, 15) is 20.0 Å². The zero-order chi connectivity index (χ0) is 23.6. The maximum atomic E-state index is 12.5.